The van der Waals surface area contributed by atoms with Gasteiger partial charge in [0.1, 0.15) is 16.4 Å². The zero-order valence-corrected chi connectivity index (χ0v) is 22.2. The molecule has 0 saturated heterocycles. The zero-order chi connectivity index (χ0) is 26.0. The summed E-state index contributed by atoms with van der Waals surface area (Å²) in [5.74, 6) is 1.24. The molecule has 0 radical (unpaired) electrons. The highest BCUT2D eigenvalue weighted by atomic mass is 35.5. The molecule has 0 bridgehead atoms. The molecule has 0 unspecified atom stereocenters. The van der Waals surface area contributed by atoms with Gasteiger partial charge in [0.15, 0.2) is 0 Å². The number of hydrogen-bond acceptors (Lipinski definition) is 6. The van der Waals surface area contributed by atoms with E-state index in [2.05, 4.69) is 29.5 Å². The van der Waals surface area contributed by atoms with Gasteiger partial charge in [-0.25, -0.2) is 13.1 Å². The molecule has 1 aromatic heterocycles. The van der Waals surface area contributed by atoms with E-state index in [1.165, 1.54) is 4.31 Å². The lowest BCUT2D eigenvalue weighted by Gasteiger charge is -2.28. The molecule has 1 aliphatic heterocycles. The third kappa shape index (κ3) is 5.64. The maximum atomic E-state index is 14.1. The number of ether oxygens (including phenoxy) is 1. The van der Waals surface area contributed by atoms with Crippen molar-refractivity contribution >= 4 is 27.3 Å². The van der Waals surface area contributed by atoms with Crippen LogP contribution in [0, 0.1) is 5.92 Å². The van der Waals surface area contributed by atoms with Crippen LogP contribution >= 0.6 is 11.6 Å². The molecule has 0 atom stereocenters. The fraction of sp³-hybridized carbons (Fsp3) is 0.259. The first-order valence-corrected chi connectivity index (χ1v) is 13.9. The molecular formula is C27H28ClN5O3S. The highest BCUT2D eigenvalue weighted by Gasteiger charge is 2.34. The van der Waals surface area contributed by atoms with E-state index in [9.17, 15) is 8.42 Å². The summed E-state index contributed by atoms with van der Waals surface area (Å²) in [6.45, 7) is 5.47. The second-order valence-electron chi connectivity index (χ2n) is 9.42. The van der Waals surface area contributed by atoms with E-state index < -0.39 is 10.0 Å². The molecule has 2 heterocycles. The number of hydrogen-bond donors (Lipinski definition) is 1. The predicted molar refractivity (Wildman–Crippen MR) is 143 cm³/mol. The second kappa shape index (κ2) is 10.5. The van der Waals surface area contributed by atoms with Gasteiger partial charge in [-0.1, -0.05) is 67.1 Å². The number of rotatable bonds is 7. The van der Waals surface area contributed by atoms with E-state index in [0.717, 1.165) is 11.1 Å². The normalized spacial score (nSPS) is 14.8. The minimum Gasteiger partial charge on any atom is -0.456 e. The molecular weight excluding hydrogens is 510 g/mol. The van der Waals surface area contributed by atoms with Gasteiger partial charge in [0.05, 0.1) is 30.7 Å². The highest BCUT2D eigenvalue weighted by Crippen LogP contribution is 2.41. The Morgan fingerprint density at radius 3 is 2.54 bits per heavy atom. The van der Waals surface area contributed by atoms with E-state index in [1.54, 1.807) is 29.1 Å². The van der Waals surface area contributed by atoms with Crippen molar-refractivity contribution in [2.45, 2.75) is 38.4 Å². The molecule has 0 fully saturated rings. The summed E-state index contributed by atoms with van der Waals surface area (Å²) < 4.78 is 37.5. The Morgan fingerprint density at radius 2 is 1.76 bits per heavy atom. The predicted octanol–water partition coefficient (Wildman–Crippen LogP) is 5.54. The van der Waals surface area contributed by atoms with Gasteiger partial charge in [0, 0.05) is 23.7 Å². The molecule has 0 amide bonds. The number of benzene rings is 3. The molecule has 5 rings (SSSR count). The Hall–Kier alpha value is -3.40. The Bertz CT molecular complexity index is 1500. The van der Waals surface area contributed by atoms with Gasteiger partial charge < -0.3 is 10.1 Å². The SMILES string of the molecule is CC(C)CNc1cccc2c1S(=O)(=O)N(Cc1cn(Cc3ccc(Cl)cc3)nn1)Cc1ccccc1O2. The zero-order valence-electron chi connectivity index (χ0n) is 20.6. The lowest BCUT2D eigenvalue weighted by atomic mass is 10.2. The second-order valence-corrected chi connectivity index (χ2v) is 11.7. The monoisotopic (exact) mass is 537 g/mol. The fourth-order valence-electron chi connectivity index (χ4n) is 4.16. The van der Waals surface area contributed by atoms with Gasteiger partial charge in [0.2, 0.25) is 10.0 Å². The van der Waals surface area contributed by atoms with Crippen molar-refractivity contribution in [3.63, 3.8) is 0 Å². The number of nitrogens with one attached hydrogen (secondary N) is 1. The van der Waals surface area contributed by atoms with Crippen LogP contribution in [0.1, 0.15) is 30.7 Å². The summed E-state index contributed by atoms with van der Waals surface area (Å²) in [6, 6.07) is 20.2. The van der Waals surface area contributed by atoms with Crippen LogP contribution in [-0.4, -0.2) is 34.3 Å². The van der Waals surface area contributed by atoms with Crippen LogP contribution in [0.3, 0.4) is 0 Å². The van der Waals surface area contributed by atoms with Crippen LogP contribution in [0.15, 0.2) is 77.8 Å². The largest absolute Gasteiger partial charge is 0.456 e. The molecule has 0 aliphatic carbocycles. The molecule has 1 aliphatic rings. The lowest BCUT2D eigenvalue weighted by molar-refractivity contribution is 0.372. The van der Waals surface area contributed by atoms with Gasteiger partial charge in [-0.05, 0) is 41.8 Å². The highest BCUT2D eigenvalue weighted by molar-refractivity contribution is 7.89. The first kappa shape index (κ1) is 25.3. The van der Waals surface area contributed by atoms with Crippen LogP contribution < -0.4 is 10.1 Å². The number of aromatic nitrogens is 3. The fourth-order valence-corrected chi connectivity index (χ4v) is 5.94. The van der Waals surface area contributed by atoms with E-state index >= 15 is 0 Å². The van der Waals surface area contributed by atoms with Crippen molar-refractivity contribution in [1.29, 1.82) is 0 Å². The average Bonchev–Trinajstić information content (AvgIpc) is 3.31. The van der Waals surface area contributed by atoms with Crippen molar-refractivity contribution in [3.05, 3.63) is 94.8 Å². The van der Waals surface area contributed by atoms with Gasteiger partial charge >= 0.3 is 0 Å². The van der Waals surface area contributed by atoms with Crippen LogP contribution in [-0.2, 0) is 29.7 Å². The van der Waals surface area contributed by atoms with E-state index in [0.29, 0.717) is 41.2 Å². The molecule has 8 nitrogen and oxygen atoms in total. The van der Waals surface area contributed by atoms with Crippen molar-refractivity contribution in [1.82, 2.24) is 19.3 Å². The summed E-state index contributed by atoms with van der Waals surface area (Å²) in [5.41, 5.74) is 2.85. The maximum absolute atomic E-state index is 14.1. The van der Waals surface area contributed by atoms with E-state index in [1.807, 2.05) is 48.5 Å². The number of sulfonamides is 1. The lowest BCUT2D eigenvalue weighted by Crippen LogP contribution is -2.32. The number of nitrogens with zero attached hydrogens (tertiary/aromatic N) is 4. The minimum atomic E-state index is -3.96. The van der Waals surface area contributed by atoms with E-state index in [4.69, 9.17) is 16.3 Å². The summed E-state index contributed by atoms with van der Waals surface area (Å²) >= 11 is 5.99. The molecule has 4 aromatic rings. The smallest absolute Gasteiger partial charge is 0.249 e. The molecule has 192 valence electrons. The first-order valence-electron chi connectivity index (χ1n) is 12.1. The number of anilines is 1. The van der Waals surface area contributed by atoms with Crippen molar-refractivity contribution in [3.8, 4) is 11.5 Å². The molecule has 37 heavy (non-hydrogen) atoms. The van der Waals surface area contributed by atoms with Crippen LogP contribution in [0.2, 0.25) is 5.02 Å². The Morgan fingerprint density at radius 1 is 1.00 bits per heavy atom. The third-order valence-corrected chi connectivity index (χ3v) is 8.13. The summed E-state index contributed by atoms with van der Waals surface area (Å²) in [6.07, 6.45) is 1.77. The number of halogens is 1. The number of fused-ring (bicyclic) bond motifs is 2. The Labute approximate surface area is 221 Å². The summed E-state index contributed by atoms with van der Waals surface area (Å²) in [7, 11) is -3.96. The Kier molecular flexibility index (Phi) is 7.19. The molecule has 0 spiro atoms. The Balaban J connectivity index is 1.50. The van der Waals surface area contributed by atoms with Crippen LogP contribution in [0.5, 0.6) is 11.5 Å². The topological polar surface area (TPSA) is 89.4 Å². The van der Waals surface area contributed by atoms with E-state index in [-0.39, 0.29) is 23.7 Å². The summed E-state index contributed by atoms with van der Waals surface area (Å²) in [5, 5.41) is 12.4. The third-order valence-electron chi connectivity index (χ3n) is 6.00. The van der Waals surface area contributed by atoms with Crippen LogP contribution in [0.4, 0.5) is 5.69 Å². The van der Waals surface area contributed by atoms with Gasteiger partial charge in [-0.3, -0.25) is 0 Å². The quantitative estimate of drug-likeness (QED) is 0.333. The minimum absolute atomic E-state index is 0.0647. The van der Waals surface area contributed by atoms with Crippen LogP contribution in [0.25, 0.3) is 0 Å². The molecule has 10 heteroatoms. The number of para-hydroxylation sites is 1. The standard InChI is InChI=1S/C27H28ClN5O3S/c1-19(2)14-29-24-7-5-9-26-27(24)37(34,35)33(16-21-6-3-4-8-25(21)36-26)18-23-17-32(31-30-23)15-20-10-12-22(28)13-11-20/h3-13,17,19,29H,14-16,18H2,1-2H3. The molecule has 0 saturated carbocycles. The van der Waals surface area contributed by atoms with Gasteiger partial charge in [0.25, 0.3) is 0 Å². The van der Waals surface area contributed by atoms with Gasteiger partial charge in [-0.15, -0.1) is 5.10 Å². The van der Waals surface area contributed by atoms with Crippen molar-refractivity contribution < 1.29 is 13.2 Å². The van der Waals surface area contributed by atoms with Crippen molar-refractivity contribution in [2.75, 3.05) is 11.9 Å². The van der Waals surface area contributed by atoms with Crippen molar-refractivity contribution in [2.24, 2.45) is 5.92 Å². The maximum Gasteiger partial charge on any atom is 0.249 e. The molecule has 1 N–H and O–H groups in total. The summed E-state index contributed by atoms with van der Waals surface area (Å²) in [4.78, 5) is 0.124. The first-order chi connectivity index (χ1) is 17.8. The van der Waals surface area contributed by atoms with Gasteiger partial charge in [-0.2, -0.15) is 4.31 Å². The molecule has 3 aromatic carbocycles. The average molecular weight is 538 g/mol.